The molecule has 310 valence electrons. The molecule has 0 aromatic heterocycles. The van der Waals surface area contributed by atoms with Crippen LogP contribution in [0.2, 0.25) is 0 Å². The Morgan fingerprint density at radius 3 is 1.83 bits per heavy atom. The summed E-state index contributed by atoms with van der Waals surface area (Å²) < 4.78 is 22.4. The van der Waals surface area contributed by atoms with E-state index in [9.17, 15) is 45.6 Å². The molecule has 2 heterocycles. The van der Waals surface area contributed by atoms with Crippen LogP contribution in [0.1, 0.15) is 123 Å². The third-order valence-corrected chi connectivity index (χ3v) is 9.88. The topological polar surface area (TPSA) is 228 Å². The molecule has 14 nitrogen and oxygen atoms in total. The molecule has 0 radical (unpaired) electrons. The van der Waals surface area contributed by atoms with Crippen LogP contribution < -0.4 is 5.32 Å². The second kappa shape index (κ2) is 28.0. The van der Waals surface area contributed by atoms with Gasteiger partial charge in [0.25, 0.3) is 0 Å². The lowest BCUT2D eigenvalue weighted by Gasteiger charge is -2.46. The molecule has 53 heavy (non-hydrogen) atoms. The first-order valence-electron chi connectivity index (χ1n) is 20.1. The molecular weight excluding hydrogens is 690 g/mol. The molecule has 2 aliphatic heterocycles. The number of rotatable bonds is 28. The van der Waals surface area contributed by atoms with Gasteiger partial charge in [-0.15, -0.1) is 0 Å². The molecule has 12 atom stereocenters. The first kappa shape index (κ1) is 47.6. The quantitative estimate of drug-likeness (QED) is 0.0413. The Morgan fingerprint density at radius 2 is 1.19 bits per heavy atom. The van der Waals surface area contributed by atoms with Crippen LogP contribution >= 0.6 is 0 Å². The lowest BCUT2D eigenvalue weighted by molar-refractivity contribution is -0.359. The van der Waals surface area contributed by atoms with Crippen LogP contribution in [-0.4, -0.2) is 140 Å². The van der Waals surface area contributed by atoms with Gasteiger partial charge in [0, 0.05) is 6.42 Å². The van der Waals surface area contributed by atoms with Gasteiger partial charge in [-0.25, -0.2) is 0 Å². The zero-order chi connectivity index (χ0) is 39.0. The largest absolute Gasteiger partial charge is 0.394 e. The fourth-order valence-electron chi connectivity index (χ4n) is 6.46. The number of unbranched alkanes of at least 4 members (excludes halogenated alkanes) is 13. The van der Waals surface area contributed by atoms with Gasteiger partial charge >= 0.3 is 0 Å². The Bertz CT molecular complexity index is 998. The SMILES string of the molecule is CCCCC/C=C/C(O)C(COC1OC(CO)C(OC2OC(CO)C(O)C(O)C2O)C(O)C1O)NC(=O)CCCCCCC/C=C\CCCCCCC. The van der Waals surface area contributed by atoms with Gasteiger partial charge in [-0.3, -0.25) is 4.79 Å². The summed E-state index contributed by atoms with van der Waals surface area (Å²) in [5.74, 6) is -0.259. The lowest BCUT2D eigenvalue weighted by Crippen LogP contribution is -2.65. The van der Waals surface area contributed by atoms with Crippen molar-refractivity contribution in [3.8, 4) is 0 Å². The molecule has 12 unspecified atom stereocenters. The molecule has 0 spiro atoms. The van der Waals surface area contributed by atoms with E-state index in [0.29, 0.717) is 6.42 Å². The third kappa shape index (κ3) is 17.4. The van der Waals surface area contributed by atoms with Crippen molar-refractivity contribution < 1.29 is 64.6 Å². The second-order valence-corrected chi connectivity index (χ2v) is 14.4. The van der Waals surface area contributed by atoms with Crippen molar-refractivity contribution in [2.45, 2.75) is 197 Å². The van der Waals surface area contributed by atoms with E-state index in [1.807, 2.05) is 6.08 Å². The summed E-state index contributed by atoms with van der Waals surface area (Å²) in [5.41, 5.74) is 0. The molecule has 0 bridgehead atoms. The van der Waals surface area contributed by atoms with Crippen LogP contribution in [0.15, 0.2) is 24.3 Å². The fraction of sp³-hybridized carbons (Fsp3) is 0.872. The highest BCUT2D eigenvalue weighted by atomic mass is 16.7. The number of carbonyl (C=O) groups is 1. The minimum atomic E-state index is -1.78. The van der Waals surface area contributed by atoms with Crippen LogP contribution in [0.3, 0.4) is 0 Å². The van der Waals surface area contributed by atoms with Crippen LogP contribution in [-0.2, 0) is 23.7 Å². The monoisotopic (exact) mass is 761 g/mol. The van der Waals surface area contributed by atoms with Crippen molar-refractivity contribution in [3.63, 3.8) is 0 Å². The van der Waals surface area contributed by atoms with E-state index >= 15 is 0 Å². The maximum absolute atomic E-state index is 12.9. The fourth-order valence-corrected chi connectivity index (χ4v) is 6.46. The molecule has 0 aliphatic carbocycles. The minimum absolute atomic E-state index is 0.259. The number of carbonyl (C=O) groups excluding carboxylic acids is 1. The summed E-state index contributed by atoms with van der Waals surface area (Å²) >= 11 is 0. The number of nitrogens with one attached hydrogen (secondary N) is 1. The molecule has 1 amide bonds. The van der Waals surface area contributed by atoms with E-state index in [1.165, 1.54) is 32.1 Å². The minimum Gasteiger partial charge on any atom is -0.394 e. The summed E-state index contributed by atoms with van der Waals surface area (Å²) in [6.45, 7) is 2.60. The van der Waals surface area contributed by atoms with E-state index in [2.05, 4.69) is 31.3 Å². The van der Waals surface area contributed by atoms with Crippen molar-refractivity contribution in [2.75, 3.05) is 19.8 Å². The maximum atomic E-state index is 12.9. The highest BCUT2D eigenvalue weighted by Crippen LogP contribution is 2.29. The Hall–Kier alpha value is -1.53. The summed E-state index contributed by atoms with van der Waals surface area (Å²) in [6, 6.07) is -0.910. The average molecular weight is 762 g/mol. The van der Waals surface area contributed by atoms with E-state index in [-0.39, 0.29) is 18.9 Å². The maximum Gasteiger partial charge on any atom is 0.220 e. The summed E-state index contributed by atoms with van der Waals surface area (Å²) in [7, 11) is 0. The number of hydrogen-bond donors (Lipinski definition) is 9. The van der Waals surface area contributed by atoms with Gasteiger partial charge in [0.15, 0.2) is 12.6 Å². The lowest BCUT2D eigenvalue weighted by atomic mass is 9.97. The zero-order valence-corrected chi connectivity index (χ0v) is 32.0. The first-order valence-corrected chi connectivity index (χ1v) is 20.1. The van der Waals surface area contributed by atoms with E-state index in [0.717, 1.165) is 64.2 Å². The Labute approximate surface area is 316 Å². The van der Waals surface area contributed by atoms with Crippen LogP contribution in [0.5, 0.6) is 0 Å². The first-order chi connectivity index (χ1) is 25.6. The molecule has 0 aromatic rings. The molecule has 14 heteroatoms. The molecule has 2 fully saturated rings. The van der Waals surface area contributed by atoms with Crippen LogP contribution in [0.25, 0.3) is 0 Å². The van der Waals surface area contributed by atoms with Gasteiger partial charge in [0.1, 0.15) is 48.8 Å². The van der Waals surface area contributed by atoms with Gasteiger partial charge in [0.2, 0.25) is 5.91 Å². The normalized spacial score (nSPS) is 30.6. The summed E-state index contributed by atoms with van der Waals surface area (Å²) in [4.78, 5) is 12.9. The molecule has 0 aromatic carbocycles. The third-order valence-electron chi connectivity index (χ3n) is 9.88. The predicted octanol–water partition coefficient (Wildman–Crippen LogP) is 2.26. The number of aliphatic hydroxyl groups excluding tert-OH is 8. The van der Waals surface area contributed by atoms with Crippen molar-refractivity contribution in [2.24, 2.45) is 0 Å². The second-order valence-electron chi connectivity index (χ2n) is 14.4. The number of allylic oxidation sites excluding steroid dienone is 3. The zero-order valence-electron chi connectivity index (χ0n) is 32.0. The van der Waals surface area contributed by atoms with Crippen LogP contribution in [0.4, 0.5) is 0 Å². The highest BCUT2D eigenvalue weighted by Gasteiger charge is 2.50. The van der Waals surface area contributed by atoms with Gasteiger partial charge in [-0.2, -0.15) is 0 Å². The average Bonchev–Trinajstić information content (AvgIpc) is 3.15. The highest BCUT2D eigenvalue weighted by molar-refractivity contribution is 5.76. The number of ether oxygens (including phenoxy) is 4. The Morgan fingerprint density at radius 1 is 0.660 bits per heavy atom. The number of aliphatic hydroxyl groups is 8. The molecule has 2 aliphatic rings. The molecule has 0 saturated carbocycles. The summed E-state index contributed by atoms with van der Waals surface area (Å²) in [5, 5.41) is 85.7. The van der Waals surface area contributed by atoms with Crippen LogP contribution in [0, 0.1) is 0 Å². The molecule has 2 rings (SSSR count). The predicted molar refractivity (Wildman–Crippen MR) is 198 cm³/mol. The van der Waals surface area contributed by atoms with E-state index in [4.69, 9.17) is 18.9 Å². The smallest absolute Gasteiger partial charge is 0.220 e. The van der Waals surface area contributed by atoms with E-state index in [1.54, 1.807) is 6.08 Å². The van der Waals surface area contributed by atoms with Crippen molar-refractivity contribution >= 4 is 5.91 Å². The molecule has 2 saturated heterocycles. The standard InChI is InChI=1S/C39H71NO13/c1-3-5-7-9-10-11-12-13-14-15-16-17-19-21-23-31(44)40-27(28(43)22-20-18-8-6-4-2)26-50-38-36(49)34(47)37(30(25-42)52-38)53-39-35(48)33(46)32(45)29(24-41)51-39/h12-13,20,22,27-30,32-39,41-43,45-49H,3-11,14-19,21,23-26H2,1-2H3,(H,40,44)/b13-12-,22-20+. The van der Waals surface area contributed by atoms with Crippen molar-refractivity contribution in [3.05, 3.63) is 24.3 Å². The summed E-state index contributed by atoms with van der Waals surface area (Å²) in [6.07, 6.45) is 8.65. The number of hydrogen-bond acceptors (Lipinski definition) is 13. The van der Waals surface area contributed by atoms with Gasteiger partial charge < -0.3 is 65.1 Å². The van der Waals surface area contributed by atoms with Gasteiger partial charge in [0.05, 0.1) is 32.0 Å². The van der Waals surface area contributed by atoms with E-state index < -0.39 is 86.8 Å². The number of amides is 1. The van der Waals surface area contributed by atoms with Crippen molar-refractivity contribution in [1.82, 2.24) is 5.32 Å². The van der Waals surface area contributed by atoms with Crippen molar-refractivity contribution in [1.29, 1.82) is 0 Å². The Balaban J connectivity index is 1.88. The molecular formula is C39H71NO13. The molecule has 9 N–H and O–H groups in total. The Kier molecular flexibility index (Phi) is 25.1. The van der Waals surface area contributed by atoms with Gasteiger partial charge in [-0.05, 0) is 44.9 Å². The van der Waals surface area contributed by atoms with Gasteiger partial charge in [-0.1, -0.05) is 95.9 Å².